The predicted octanol–water partition coefficient (Wildman–Crippen LogP) is 3.15. The van der Waals surface area contributed by atoms with Crippen molar-refractivity contribution in [2.45, 2.75) is 43.0 Å². The molecule has 3 N–H and O–H groups in total. The van der Waals surface area contributed by atoms with Crippen molar-refractivity contribution in [3.05, 3.63) is 77.0 Å². The number of anilines is 1. The molecule has 2 aliphatic heterocycles. The van der Waals surface area contributed by atoms with Crippen LogP contribution in [0.25, 0.3) is 5.57 Å². The molecule has 2 atom stereocenters. The van der Waals surface area contributed by atoms with Crippen LogP contribution in [0, 0.1) is 12.7 Å². The molecule has 214 valence electrons. The summed E-state index contributed by atoms with van der Waals surface area (Å²) < 4.78 is 55.1. The van der Waals surface area contributed by atoms with Crippen LogP contribution in [0.5, 0.6) is 0 Å². The maximum atomic E-state index is 15.6. The number of sulfone groups is 1. The van der Waals surface area contributed by atoms with Gasteiger partial charge in [-0.3, -0.25) is 10.00 Å². The maximum Gasteiger partial charge on any atom is 0.175 e. The molecule has 11 nitrogen and oxygen atoms in total. The van der Waals surface area contributed by atoms with Crippen LogP contribution in [-0.2, 0) is 32.0 Å². The maximum absolute atomic E-state index is 15.6. The van der Waals surface area contributed by atoms with Gasteiger partial charge >= 0.3 is 0 Å². The molecular formula is C27H34FN7O4S. The zero-order valence-electron chi connectivity index (χ0n) is 23.2. The Bertz CT molecular complexity index is 1590. The normalized spacial score (nSPS) is 21.6. The zero-order chi connectivity index (χ0) is 28.7. The molecule has 2 aliphatic rings. The Labute approximate surface area is 233 Å². The first kappa shape index (κ1) is 27.9. The van der Waals surface area contributed by atoms with E-state index >= 15 is 4.39 Å². The van der Waals surface area contributed by atoms with Gasteiger partial charge in [0.05, 0.1) is 18.2 Å². The summed E-state index contributed by atoms with van der Waals surface area (Å²) in [7, 11) is 1.44. The SMILES string of the molecule is CNC1(c2ccc(S(C)(=O)=O)cc2F)C=C(c2cnn(C)c2)C(OC)=C(Nc2cc(C)n(C3CCCCO3)n2)N1. The third-order valence-corrected chi connectivity index (χ3v) is 8.28. The Morgan fingerprint density at radius 2 is 2.08 bits per heavy atom. The van der Waals surface area contributed by atoms with Crippen molar-refractivity contribution in [2.24, 2.45) is 7.05 Å². The van der Waals surface area contributed by atoms with Crippen LogP contribution >= 0.6 is 0 Å². The van der Waals surface area contributed by atoms with E-state index in [-0.39, 0.29) is 16.7 Å². The highest BCUT2D eigenvalue weighted by atomic mass is 32.2. The first-order chi connectivity index (χ1) is 19.0. The van der Waals surface area contributed by atoms with Gasteiger partial charge in [0.1, 0.15) is 11.5 Å². The monoisotopic (exact) mass is 571 g/mol. The second kappa shape index (κ2) is 10.7. The molecule has 5 rings (SSSR count). The molecule has 40 heavy (non-hydrogen) atoms. The Morgan fingerprint density at radius 3 is 2.67 bits per heavy atom. The third kappa shape index (κ3) is 5.23. The molecule has 2 aromatic heterocycles. The molecule has 13 heteroatoms. The highest BCUT2D eigenvalue weighted by Gasteiger charge is 2.39. The number of rotatable bonds is 8. The van der Waals surface area contributed by atoms with Crippen molar-refractivity contribution in [3.8, 4) is 0 Å². The summed E-state index contributed by atoms with van der Waals surface area (Å²) in [6, 6.07) is 5.79. The highest BCUT2D eigenvalue weighted by molar-refractivity contribution is 7.90. The minimum absolute atomic E-state index is 0.107. The largest absolute Gasteiger partial charge is 0.492 e. The van der Waals surface area contributed by atoms with Gasteiger partial charge in [-0.25, -0.2) is 17.5 Å². The number of nitrogens with zero attached hydrogens (tertiary/aromatic N) is 4. The average molecular weight is 572 g/mol. The lowest BCUT2D eigenvalue weighted by Crippen LogP contribution is -2.54. The van der Waals surface area contributed by atoms with Gasteiger partial charge in [0.25, 0.3) is 0 Å². The van der Waals surface area contributed by atoms with Gasteiger partial charge in [-0.05, 0) is 51.4 Å². The topological polar surface area (TPSA) is 124 Å². The first-order valence-corrected chi connectivity index (χ1v) is 14.9. The number of hydrogen-bond donors (Lipinski definition) is 3. The van der Waals surface area contributed by atoms with E-state index in [0.717, 1.165) is 42.8 Å². The van der Waals surface area contributed by atoms with E-state index in [0.29, 0.717) is 29.6 Å². The summed E-state index contributed by atoms with van der Waals surface area (Å²) in [5.74, 6) is 0.752. The fraction of sp³-hybridized carbons (Fsp3) is 0.407. The average Bonchev–Trinajstić information content (AvgIpc) is 3.53. The quantitative estimate of drug-likeness (QED) is 0.374. The van der Waals surface area contributed by atoms with E-state index < -0.39 is 21.3 Å². The Morgan fingerprint density at radius 1 is 1.27 bits per heavy atom. The van der Waals surface area contributed by atoms with Gasteiger partial charge in [0.15, 0.2) is 33.5 Å². The van der Waals surface area contributed by atoms with Gasteiger partial charge in [-0.2, -0.15) is 10.2 Å². The number of hydrogen-bond acceptors (Lipinski definition) is 9. The lowest BCUT2D eigenvalue weighted by Gasteiger charge is -2.39. The Hall–Kier alpha value is -3.68. The van der Waals surface area contributed by atoms with Gasteiger partial charge in [-0.15, -0.1) is 0 Å². The van der Waals surface area contributed by atoms with E-state index in [1.54, 1.807) is 38.2 Å². The van der Waals surface area contributed by atoms with Gasteiger partial charge in [-0.1, -0.05) is 6.07 Å². The molecule has 0 saturated carbocycles. The molecule has 1 fully saturated rings. The van der Waals surface area contributed by atoms with E-state index in [9.17, 15) is 8.42 Å². The standard InChI is InChI=1S/C27H34FN7O4S/c1-17-12-23(33-35(17)24-8-6-7-11-39-24)31-26-25(38-4)20(18-15-30-34(3)16-18)14-27(29-2,32-26)21-10-9-19(13-22(21)28)40(5,36)37/h9-10,12-16,24,29,32H,6-8,11H2,1-5H3,(H,31,33). The molecule has 2 unspecified atom stereocenters. The molecule has 3 aromatic rings. The predicted molar refractivity (Wildman–Crippen MR) is 148 cm³/mol. The van der Waals surface area contributed by atoms with Crippen molar-refractivity contribution in [1.82, 2.24) is 30.2 Å². The summed E-state index contributed by atoms with van der Waals surface area (Å²) in [6.45, 7) is 2.66. The van der Waals surface area contributed by atoms with E-state index in [2.05, 4.69) is 21.0 Å². The van der Waals surface area contributed by atoms with Crippen LogP contribution in [-0.4, -0.2) is 55.0 Å². The van der Waals surface area contributed by atoms with Gasteiger partial charge < -0.3 is 20.1 Å². The van der Waals surface area contributed by atoms with Gasteiger partial charge in [0, 0.05) is 54.6 Å². The molecule has 1 aromatic carbocycles. The fourth-order valence-electron chi connectivity index (χ4n) is 5.13. The summed E-state index contributed by atoms with van der Waals surface area (Å²) >= 11 is 0. The van der Waals surface area contributed by atoms with Crippen LogP contribution in [0.3, 0.4) is 0 Å². The van der Waals surface area contributed by atoms with Crippen LogP contribution in [0.15, 0.2) is 59.2 Å². The minimum Gasteiger partial charge on any atom is -0.492 e. The van der Waals surface area contributed by atoms with E-state index in [4.69, 9.17) is 14.6 Å². The summed E-state index contributed by atoms with van der Waals surface area (Å²) in [4.78, 5) is -0.107. The zero-order valence-corrected chi connectivity index (χ0v) is 24.0. The lowest BCUT2D eigenvalue weighted by atomic mass is 9.90. The summed E-state index contributed by atoms with van der Waals surface area (Å²) in [5, 5.41) is 18.9. The Kier molecular flexibility index (Phi) is 7.46. The number of methoxy groups -OCH3 is 1. The van der Waals surface area contributed by atoms with Crippen molar-refractivity contribution in [1.29, 1.82) is 0 Å². The molecule has 1 saturated heterocycles. The second-order valence-electron chi connectivity index (χ2n) is 10.0. The third-order valence-electron chi connectivity index (χ3n) is 7.17. The summed E-state index contributed by atoms with van der Waals surface area (Å²) in [6.07, 6.45) is 9.22. The smallest absolute Gasteiger partial charge is 0.175 e. The number of benzene rings is 1. The molecule has 0 bridgehead atoms. The second-order valence-corrected chi connectivity index (χ2v) is 12.0. The molecular weight excluding hydrogens is 537 g/mol. The van der Waals surface area contributed by atoms with Crippen molar-refractivity contribution >= 4 is 21.2 Å². The number of halogens is 1. The van der Waals surface area contributed by atoms with Crippen molar-refractivity contribution in [3.63, 3.8) is 0 Å². The van der Waals surface area contributed by atoms with Crippen LogP contribution in [0.1, 0.15) is 42.3 Å². The summed E-state index contributed by atoms with van der Waals surface area (Å²) in [5.41, 5.74) is 1.21. The number of aryl methyl sites for hydroxylation is 2. The molecule has 0 aliphatic carbocycles. The number of likely N-dealkylation sites (N-methyl/N-ethyl adjacent to an activating group) is 1. The van der Waals surface area contributed by atoms with Crippen molar-refractivity contribution < 1.29 is 22.3 Å². The highest BCUT2D eigenvalue weighted by Crippen LogP contribution is 2.38. The molecule has 4 heterocycles. The Balaban J connectivity index is 1.61. The molecule has 0 amide bonds. The van der Waals surface area contributed by atoms with Crippen molar-refractivity contribution in [2.75, 3.05) is 32.3 Å². The van der Waals surface area contributed by atoms with Gasteiger partial charge in [0.2, 0.25) is 0 Å². The number of ether oxygens (including phenoxy) is 2. The van der Waals surface area contributed by atoms with E-state index in [1.807, 2.05) is 23.9 Å². The first-order valence-electron chi connectivity index (χ1n) is 13.0. The molecule has 0 radical (unpaired) electrons. The number of nitrogens with one attached hydrogen (secondary N) is 3. The minimum atomic E-state index is -3.60. The number of dihydropyridines is 1. The van der Waals surface area contributed by atoms with Crippen LogP contribution < -0.4 is 16.0 Å². The number of allylic oxidation sites excluding steroid dienone is 1. The van der Waals surface area contributed by atoms with Crippen LogP contribution in [0.4, 0.5) is 10.2 Å². The molecule has 0 spiro atoms. The van der Waals surface area contributed by atoms with E-state index in [1.165, 1.54) is 12.1 Å². The lowest BCUT2D eigenvalue weighted by molar-refractivity contribution is -0.0404. The fourth-order valence-corrected chi connectivity index (χ4v) is 5.76. The number of aromatic nitrogens is 4. The van der Waals surface area contributed by atoms with Crippen LogP contribution in [0.2, 0.25) is 0 Å².